The fourth-order valence-corrected chi connectivity index (χ4v) is 1.98. The van der Waals surface area contributed by atoms with E-state index in [1.807, 2.05) is 12.1 Å². The van der Waals surface area contributed by atoms with Crippen molar-refractivity contribution >= 4 is 44.5 Å². The molecule has 2 rings (SSSR count). The van der Waals surface area contributed by atoms with Crippen LogP contribution in [0.1, 0.15) is 15.9 Å². The molecule has 0 fully saturated rings. The predicted octanol–water partition coefficient (Wildman–Crippen LogP) is 2.72. The third-order valence-corrected chi connectivity index (χ3v) is 4.01. The number of benzene rings is 1. The topological polar surface area (TPSA) is 26.3 Å². The number of esters is 1. The molecule has 0 saturated carbocycles. The second-order valence-electron chi connectivity index (χ2n) is 2.50. The van der Waals surface area contributed by atoms with Crippen LogP contribution in [0.15, 0.2) is 16.6 Å². The number of ether oxygens (including phenoxy) is 1. The Kier molecular flexibility index (Phi) is 2.12. The summed E-state index contributed by atoms with van der Waals surface area (Å²) in [6.07, 6.45) is 0. The van der Waals surface area contributed by atoms with Crippen LogP contribution in [0.3, 0.4) is 0 Å². The Bertz CT molecular complexity index is 362. The Morgan fingerprint density at radius 3 is 3.00 bits per heavy atom. The molecule has 0 unspecified atom stereocenters. The number of hydrogen-bond acceptors (Lipinski definition) is 2. The SMILES string of the molecule is O=C1OCc2cc(Br)c(I)cc21. The Labute approximate surface area is 91.6 Å². The summed E-state index contributed by atoms with van der Waals surface area (Å²) in [4.78, 5) is 11.1. The first-order chi connectivity index (χ1) is 5.68. The minimum absolute atomic E-state index is 0.213. The lowest BCUT2D eigenvalue weighted by Crippen LogP contribution is -1.94. The zero-order valence-corrected chi connectivity index (χ0v) is 9.68. The van der Waals surface area contributed by atoms with Gasteiger partial charge < -0.3 is 4.74 Å². The van der Waals surface area contributed by atoms with Crippen LogP contribution in [0.2, 0.25) is 0 Å². The van der Waals surface area contributed by atoms with Gasteiger partial charge in [-0.1, -0.05) is 0 Å². The highest BCUT2D eigenvalue weighted by atomic mass is 127. The summed E-state index contributed by atoms with van der Waals surface area (Å²) in [7, 11) is 0. The molecule has 2 nitrogen and oxygen atoms in total. The first kappa shape index (κ1) is 8.50. The van der Waals surface area contributed by atoms with Crippen molar-refractivity contribution in [3.8, 4) is 0 Å². The maximum Gasteiger partial charge on any atom is 0.338 e. The van der Waals surface area contributed by atoms with Crippen LogP contribution in [-0.4, -0.2) is 5.97 Å². The van der Waals surface area contributed by atoms with Gasteiger partial charge in [-0.05, 0) is 50.7 Å². The van der Waals surface area contributed by atoms with Gasteiger partial charge in [-0.15, -0.1) is 0 Å². The average molecular weight is 339 g/mol. The third-order valence-electron chi connectivity index (χ3n) is 1.72. The predicted molar refractivity (Wildman–Crippen MR) is 56.0 cm³/mol. The minimum Gasteiger partial charge on any atom is -0.457 e. The standard InChI is InChI=1S/C8H4BrIO2/c9-6-1-4-3-12-8(11)5(4)2-7(6)10/h1-2H,3H2. The molecule has 0 aliphatic carbocycles. The normalized spacial score (nSPS) is 14.3. The van der Waals surface area contributed by atoms with Crippen LogP contribution in [0.25, 0.3) is 0 Å². The van der Waals surface area contributed by atoms with E-state index >= 15 is 0 Å². The third kappa shape index (κ3) is 1.26. The van der Waals surface area contributed by atoms with Crippen LogP contribution < -0.4 is 0 Å². The van der Waals surface area contributed by atoms with Crippen LogP contribution >= 0.6 is 38.5 Å². The van der Waals surface area contributed by atoms with Crippen molar-refractivity contribution in [2.24, 2.45) is 0 Å². The van der Waals surface area contributed by atoms with E-state index in [2.05, 4.69) is 38.5 Å². The molecule has 0 saturated heterocycles. The van der Waals surface area contributed by atoms with E-state index in [4.69, 9.17) is 4.74 Å². The molecule has 4 heteroatoms. The van der Waals surface area contributed by atoms with Crippen molar-refractivity contribution in [1.29, 1.82) is 0 Å². The van der Waals surface area contributed by atoms with E-state index in [0.717, 1.165) is 13.6 Å². The van der Waals surface area contributed by atoms with Crippen molar-refractivity contribution in [3.63, 3.8) is 0 Å². The molecule has 0 atom stereocenters. The van der Waals surface area contributed by atoms with E-state index in [0.29, 0.717) is 12.2 Å². The highest BCUT2D eigenvalue weighted by Crippen LogP contribution is 2.28. The molecule has 0 aromatic heterocycles. The van der Waals surface area contributed by atoms with Gasteiger partial charge in [0, 0.05) is 13.6 Å². The maximum absolute atomic E-state index is 11.1. The van der Waals surface area contributed by atoms with Crippen LogP contribution in [0.4, 0.5) is 0 Å². The largest absolute Gasteiger partial charge is 0.457 e. The van der Waals surface area contributed by atoms with E-state index in [9.17, 15) is 4.79 Å². The van der Waals surface area contributed by atoms with Gasteiger partial charge in [0.25, 0.3) is 0 Å². The number of fused-ring (bicyclic) bond motifs is 1. The van der Waals surface area contributed by atoms with Crippen molar-refractivity contribution in [1.82, 2.24) is 0 Å². The molecule has 0 N–H and O–H groups in total. The Hall–Kier alpha value is -0.100. The number of carbonyl (C=O) groups excluding carboxylic acids is 1. The summed E-state index contributed by atoms with van der Waals surface area (Å²) in [6, 6.07) is 3.78. The summed E-state index contributed by atoms with van der Waals surface area (Å²) in [5, 5.41) is 0. The van der Waals surface area contributed by atoms with Gasteiger partial charge in [-0.2, -0.15) is 0 Å². The van der Waals surface area contributed by atoms with Gasteiger partial charge in [0.05, 0.1) is 5.56 Å². The van der Waals surface area contributed by atoms with Crippen LogP contribution in [0, 0.1) is 3.57 Å². The van der Waals surface area contributed by atoms with Gasteiger partial charge in [-0.3, -0.25) is 0 Å². The van der Waals surface area contributed by atoms with Gasteiger partial charge in [0.1, 0.15) is 6.61 Å². The number of carbonyl (C=O) groups is 1. The van der Waals surface area contributed by atoms with E-state index in [-0.39, 0.29) is 5.97 Å². The molecule has 0 amide bonds. The van der Waals surface area contributed by atoms with Crippen molar-refractivity contribution in [3.05, 3.63) is 31.3 Å². The minimum atomic E-state index is -0.213. The van der Waals surface area contributed by atoms with Crippen molar-refractivity contribution in [2.75, 3.05) is 0 Å². The molecule has 12 heavy (non-hydrogen) atoms. The lowest BCUT2D eigenvalue weighted by Gasteiger charge is -1.97. The van der Waals surface area contributed by atoms with E-state index in [1.54, 1.807) is 0 Å². The van der Waals surface area contributed by atoms with Crippen molar-refractivity contribution in [2.45, 2.75) is 6.61 Å². The number of cyclic esters (lactones) is 1. The summed E-state index contributed by atoms with van der Waals surface area (Å²) in [5.74, 6) is -0.213. The molecule has 1 aromatic rings. The molecular weight excluding hydrogens is 335 g/mol. The second kappa shape index (κ2) is 2.99. The van der Waals surface area contributed by atoms with E-state index < -0.39 is 0 Å². The summed E-state index contributed by atoms with van der Waals surface area (Å²) in [5.41, 5.74) is 1.66. The Morgan fingerprint density at radius 1 is 1.50 bits per heavy atom. The van der Waals surface area contributed by atoms with Crippen LogP contribution in [-0.2, 0) is 11.3 Å². The molecule has 1 heterocycles. The Morgan fingerprint density at radius 2 is 2.25 bits per heavy atom. The summed E-state index contributed by atoms with van der Waals surface area (Å²) < 4.78 is 6.92. The first-order valence-electron chi connectivity index (χ1n) is 3.33. The molecule has 1 aliphatic rings. The average Bonchev–Trinajstić information content (AvgIpc) is 2.35. The molecule has 0 bridgehead atoms. The lowest BCUT2D eigenvalue weighted by atomic mass is 10.1. The fourth-order valence-electron chi connectivity index (χ4n) is 1.12. The smallest absolute Gasteiger partial charge is 0.338 e. The zero-order chi connectivity index (χ0) is 8.72. The van der Waals surface area contributed by atoms with Crippen molar-refractivity contribution < 1.29 is 9.53 Å². The maximum atomic E-state index is 11.1. The first-order valence-corrected chi connectivity index (χ1v) is 5.20. The Balaban J connectivity index is 2.63. The molecule has 1 aliphatic heterocycles. The number of halogens is 2. The highest BCUT2D eigenvalue weighted by Gasteiger charge is 2.21. The fraction of sp³-hybridized carbons (Fsp3) is 0.125. The molecule has 0 radical (unpaired) electrons. The van der Waals surface area contributed by atoms with Crippen LogP contribution in [0.5, 0.6) is 0 Å². The van der Waals surface area contributed by atoms with Gasteiger partial charge in [-0.25, -0.2) is 4.79 Å². The van der Waals surface area contributed by atoms with Gasteiger partial charge in [0.2, 0.25) is 0 Å². The summed E-state index contributed by atoms with van der Waals surface area (Å²) >= 11 is 5.57. The second-order valence-corrected chi connectivity index (χ2v) is 4.52. The van der Waals surface area contributed by atoms with E-state index in [1.165, 1.54) is 0 Å². The monoisotopic (exact) mass is 338 g/mol. The number of hydrogen-bond donors (Lipinski definition) is 0. The molecule has 0 spiro atoms. The van der Waals surface area contributed by atoms with Gasteiger partial charge >= 0.3 is 5.97 Å². The molecule has 1 aromatic carbocycles. The quantitative estimate of drug-likeness (QED) is 0.537. The highest BCUT2D eigenvalue weighted by molar-refractivity contribution is 14.1. The summed E-state index contributed by atoms with van der Waals surface area (Å²) in [6.45, 7) is 0.406. The number of rotatable bonds is 0. The van der Waals surface area contributed by atoms with Gasteiger partial charge in [0.15, 0.2) is 0 Å². The molecular formula is C8H4BrIO2. The lowest BCUT2D eigenvalue weighted by molar-refractivity contribution is 0.0535. The molecule has 62 valence electrons. The zero-order valence-electron chi connectivity index (χ0n) is 5.93.